The topological polar surface area (TPSA) is 95.4 Å². The number of fused-ring (bicyclic) bond motifs is 1. The van der Waals surface area contributed by atoms with Gasteiger partial charge in [0.1, 0.15) is 5.51 Å². The van der Waals surface area contributed by atoms with E-state index in [0.717, 1.165) is 11.3 Å². The van der Waals surface area contributed by atoms with E-state index in [9.17, 15) is 14.7 Å². The number of aromatic nitrogens is 2. The summed E-state index contributed by atoms with van der Waals surface area (Å²) in [6.07, 6.45) is 0.425. The van der Waals surface area contributed by atoms with Crippen LogP contribution < -0.4 is 10.2 Å². The molecule has 2 amide bonds. The third-order valence-electron chi connectivity index (χ3n) is 3.32. The van der Waals surface area contributed by atoms with Crippen molar-refractivity contribution < 1.29 is 14.7 Å². The number of hydrogen-bond acceptors (Lipinski definition) is 5. The number of carbonyl (C=O) groups excluding carboxylic acids is 1. The highest BCUT2D eigenvalue weighted by atomic mass is 32.1. The quantitative estimate of drug-likeness (QED) is 0.882. The normalized spacial score (nSPS) is 17.1. The van der Waals surface area contributed by atoms with Crippen LogP contribution in [0.2, 0.25) is 0 Å². The molecule has 1 aliphatic rings. The molecule has 0 saturated heterocycles. The molecule has 1 aliphatic heterocycles. The number of carboxylic acid groups (broad SMARTS) is 1. The van der Waals surface area contributed by atoms with E-state index in [1.54, 1.807) is 0 Å². The first-order valence-electron chi connectivity index (χ1n) is 6.30. The van der Waals surface area contributed by atoms with E-state index in [1.807, 2.05) is 24.3 Å². The third-order valence-corrected chi connectivity index (χ3v) is 3.93. The Labute approximate surface area is 124 Å². The van der Waals surface area contributed by atoms with Crippen LogP contribution >= 0.6 is 11.3 Å². The highest BCUT2D eigenvalue weighted by Gasteiger charge is 2.32. The molecule has 2 heterocycles. The van der Waals surface area contributed by atoms with Gasteiger partial charge < -0.3 is 5.11 Å². The van der Waals surface area contributed by atoms with Crippen molar-refractivity contribution in [2.75, 3.05) is 16.8 Å². The van der Waals surface area contributed by atoms with Crippen molar-refractivity contribution in [2.24, 2.45) is 5.92 Å². The van der Waals surface area contributed by atoms with Crippen LogP contribution in [0.5, 0.6) is 0 Å². The van der Waals surface area contributed by atoms with Crippen LogP contribution in [0.1, 0.15) is 5.56 Å². The molecule has 1 aromatic carbocycles. The summed E-state index contributed by atoms with van der Waals surface area (Å²) in [6.45, 7) is 0.136. The van der Waals surface area contributed by atoms with Gasteiger partial charge in [-0.25, -0.2) is 4.79 Å². The molecule has 0 radical (unpaired) electrons. The summed E-state index contributed by atoms with van der Waals surface area (Å²) in [4.78, 5) is 25.1. The largest absolute Gasteiger partial charge is 0.481 e. The fourth-order valence-corrected chi connectivity index (χ4v) is 2.77. The average Bonchev–Trinajstić information content (AvgIpc) is 2.98. The molecule has 0 spiro atoms. The van der Waals surface area contributed by atoms with Crippen LogP contribution in [0.25, 0.3) is 0 Å². The van der Waals surface area contributed by atoms with Crippen LogP contribution in [-0.4, -0.2) is 33.8 Å². The Bertz CT molecular complexity index is 674. The molecule has 1 unspecified atom stereocenters. The number of carbonyl (C=O) groups is 2. The van der Waals surface area contributed by atoms with Crippen molar-refractivity contribution in [1.29, 1.82) is 0 Å². The number of aliphatic carboxylic acids is 1. The molecule has 7 nitrogen and oxygen atoms in total. The van der Waals surface area contributed by atoms with Crippen molar-refractivity contribution >= 4 is 34.2 Å². The zero-order valence-corrected chi connectivity index (χ0v) is 11.7. The summed E-state index contributed by atoms with van der Waals surface area (Å²) in [5, 5.41) is 19.7. The van der Waals surface area contributed by atoms with Crippen LogP contribution in [0.4, 0.5) is 15.6 Å². The van der Waals surface area contributed by atoms with E-state index in [-0.39, 0.29) is 6.54 Å². The highest BCUT2D eigenvalue weighted by molar-refractivity contribution is 7.13. The van der Waals surface area contributed by atoms with Crippen LogP contribution in [0, 0.1) is 5.92 Å². The summed E-state index contributed by atoms with van der Waals surface area (Å²) >= 11 is 1.21. The number of amides is 2. The van der Waals surface area contributed by atoms with E-state index in [0.29, 0.717) is 11.6 Å². The van der Waals surface area contributed by atoms with Gasteiger partial charge in [-0.3, -0.25) is 15.0 Å². The molecular weight excluding hydrogens is 292 g/mol. The second-order valence-corrected chi connectivity index (χ2v) is 5.49. The molecule has 3 rings (SSSR count). The van der Waals surface area contributed by atoms with E-state index in [1.165, 1.54) is 21.7 Å². The monoisotopic (exact) mass is 304 g/mol. The minimum absolute atomic E-state index is 0.136. The van der Waals surface area contributed by atoms with Gasteiger partial charge in [0.15, 0.2) is 0 Å². The van der Waals surface area contributed by atoms with Crippen molar-refractivity contribution in [3.05, 3.63) is 35.3 Å². The number of benzene rings is 1. The first-order chi connectivity index (χ1) is 10.1. The molecular formula is C13H12N4O3S. The van der Waals surface area contributed by atoms with Gasteiger partial charge in [0.2, 0.25) is 5.13 Å². The number of anilines is 2. The average molecular weight is 304 g/mol. The van der Waals surface area contributed by atoms with Crippen LogP contribution in [-0.2, 0) is 11.2 Å². The van der Waals surface area contributed by atoms with Crippen LogP contribution in [0.3, 0.4) is 0 Å². The lowest BCUT2D eigenvalue weighted by Crippen LogP contribution is -2.44. The Morgan fingerprint density at radius 2 is 2.19 bits per heavy atom. The van der Waals surface area contributed by atoms with Gasteiger partial charge in [0.25, 0.3) is 0 Å². The summed E-state index contributed by atoms with van der Waals surface area (Å²) < 4.78 is 0. The smallest absolute Gasteiger partial charge is 0.328 e. The Kier molecular flexibility index (Phi) is 3.53. The van der Waals surface area contributed by atoms with Gasteiger partial charge >= 0.3 is 12.0 Å². The number of carboxylic acids is 1. The number of hydrogen-bond donors (Lipinski definition) is 2. The van der Waals surface area contributed by atoms with Gasteiger partial charge in [-0.15, -0.1) is 10.2 Å². The first-order valence-corrected chi connectivity index (χ1v) is 7.18. The Morgan fingerprint density at radius 3 is 2.90 bits per heavy atom. The first kappa shape index (κ1) is 13.5. The van der Waals surface area contributed by atoms with Crippen molar-refractivity contribution in [3.63, 3.8) is 0 Å². The number of para-hydroxylation sites is 1. The molecule has 21 heavy (non-hydrogen) atoms. The number of nitrogens with zero attached hydrogens (tertiary/aromatic N) is 3. The lowest BCUT2D eigenvalue weighted by Gasteiger charge is -2.32. The molecule has 2 aromatic rings. The maximum Gasteiger partial charge on any atom is 0.328 e. The predicted octanol–water partition coefficient (Wildman–Crippen LogP) is 1.83. The zero-order chi connectivity index (χ0) is 14.8. The van der Waals surface area contributed by atoms with E-state index < -0.39 is 17.9 Å². The van der Waals surface area contributed by atoms with Gasteiger partial charge in [0, 0.05) is 12.2 Å². The fourth-order valence-electron chi connectivity index (χ4n) is 2.34. The van der Waals surface area contributed by atoms with Gasteiger partial charge in [-0.1, -0.05) is 29.5 Å². The zero-order valence-electron chi connectivity index (χ0n) is 10.9. The minimum atomic E-state index is -0.904. The molecule has 0 aliphatic carbocycles. The van der Waals surface area contributed by atoms with Crippen molar-refractivity contribution in [2.45, 2.75) is 6.42 Å². The maximum atomic E-state index is 12.4. The second kappa shape index (κ2) is 5.49. The Balaban J connectivity index is 1.89. The Hall–Kier alpha value is -2.48. The SMILES string of the molecule is O=C(O)C1Cc2ccccc2N(C(=O)Nc2nncs2)C1. The van der Waals surface area contributed by atoms with E-state index in [4.69, 9.17) is 0 Å². The number of urea groups is 1. The lowest BCUT2D eigenvalue weighted by atomic mass is 9.93. The Morgan fingerprint density at radius 1 is 1.38 bits per heavy atom. The van der Waals surface area contributed by atoms with Crippen molar-refractivity contribution in [3.8, 4) is 0 Å². The molecule has 0 fully saturated rings. The lowest BCUT2D eigenvalue weighted by molar-refractivity contribution is -0.141. The number of nitrogens with one attached hydrogen (secondary N) is 1. The summed E-state index contributed by atoms with van der Waals surface area (Å²) in [7, 11) is 0. The molecule has 1 atom stereocenters. The minimum Gasteiger partial charge on any atom is -0.481 e. The summed E-state index contributed by atoms with van der Waals surface area (Å²) in [5.74, 6) is -1.52. The molecule has 0 bridgehead atoms. The van der Waals surface area contributed by atoms with E-state index >= 15 is 0 Å². The van der Waals surface area contributed by atoms with Gasteiger partial charge in [0.05, 0.1) is 5.92 Å². The van der Waals surface area contributed by atoms with Crippen molar-refractivity contribution in [1.82, 2.24) is 10.2 Å². The third kappa shape index (κ3) is 2.70. The molecule has 1 aromatic heterocycles. The highest BCUT2D eigenvalue weighted by Crippen LogP contribution is 2.30. The predicted molar refractivity (Wildman–Crippen MR) is 77.5 cm³/mol. The maximum absolute atomic E-state index is 12.4. The van der Waals surface area contributed by atoms with Gasteiger partial charge in [-0.05, 0) is 18.1 Å². The fraction of sp³-hybridized carbons (Fsp3) is 0.231. The molecule has 108 valence electrons. The van der Waals surface area contributed by atoms with Crippen LogP contribution in [0.15, 0.2) is 29.8 Å². The number of rotatable bonds is 2. The molecule has 8 heteroatoms. The standard InChI is InChI=1S/C13H12N4O3S/c18-11(19)9-5-8-3-1-2-4-10(8)17(6-9)13(20)15-12-16-14-7-21-12/h1-4,7,9H,5-6H2,(H,18,19)(H,15,16,20). The second-order valence-electron chi connectivity index (χ2n) is 4.65. The molecule has 2 N–H and O–H groups in total. The van der Waals surface area contributed by atoms with Gasteiger partial charge in [-0.2, -0.15) is 0 Å². The summed E-state index contributed by atoms with van der Waals surface area (Å²) in [5.41, 5.74) is 3.10. The summed E-state index contributed by atoms with van der Waals surface area (Å²) in [6, 6.07) is 6.92. The van der Waals surface area contributed by atoms with E-state index in [2.05, 4.69) is 15.5 Å². The molecule has 0 saturated carbocycles.